The SMILES string of the molecule is Cc1ccc(N2CCN3C(=O)[C@@H](CCCc4cccc(F)c4C4CC4)C[C@H]3C2)nc1. The van der Waals surface area contributed by atoms with E-state index in [1.54, 1.807) is 6.07 Å². The number of piperazine rings is 1. The maximum atomic E-state index is 14.3. The van der Waals surface area contributed by atoms with Crippen LogP contribution in [0.1, 0.15) is 54.7 Å². The van der Waals surface area contributed by atoms with Crippen LogP contribution in [0.3, 0.4) is 0 Å². The Labute approximate surface area is 178 Å². The molecule has 5 heteroatoms. The van der Waals surface area contributed by atoms with Gasteiger partial charge in [-0.2, -0.15) is 0 Å². The zero-order chi connectivity index (χ0) is 20.7. The van der Waals surface area contributed by atoms with Crippen LogP contribution in [0.25, 0.3) is 0 Å². The molecule has 1 aliphatic carbocycles. The summed E-state index contributed by atoms with van der Waals surface area (Å²) in [7, 11) is 0. The predicted molar refractivity (Wildman–Crippen MR) is 116 cm³/mol. The Hall–Kier alpha value is -2.43. The van der Waals surface area contributed by atoms with Gasteiger partial charge in [0.25, 0.3) is 0 Å². The summed E-state index contributed by atoms with van der Waals surface area (Å²) in [5.41, 5.74) is 3.25. The molecule has 2 saturated heterocycles. The third-order valence-electron chi connectivity index (χ3n) is 7.02. The van der Waals surface area contributed by atoms with E-state index in [0.29, 0.717) is 11.8 Å². The third-order valence-corrected chi connectivity index (χ3v) is 7.02. The fourth-order valence-corrected chi connectivity index (χ4v) is 5.28. The fourth-order valence-electron chi connectivity index (χ4n) is 5.28. The molecular formula is C25H30FN3O. The fraction of sp³-hybridized carbons (Fsp3) is 0.520. The van der Waals surface area contributed by atoms with Crippen LogP contribution in [-0.2, 0) is 11.2 Å². The van der Waals surface area contributed by atoms with Crippen molar-refractivity contribution < 1.29 is 9.18 Å². The van der Waals surface area contributed by atoms with Gasteiger partial charge in [-0.3, -0.25) is 4.79 Å². The topological polar surface area (TPSA) is 36.4 Å². The summed E-state index contributed by atoms with van der Waals surface area (Å²) in [6.45, 7) is 4.55. The number of halogens is 1. The number of benzene rings is 1. The number of carbonyl (C=O) groups excluding carboxylic acids is 1. The maximum Gasteiger partial charge on any atom is 0.226 e. The van der Waals surface area contributed by atoms with Crippen molar-refractivity contribution in [1.29, 1.82) is 0 Å². The van der Waals surface area contributed by atoms with Gasteiger partial charge in [0.1, 0.15) is 11.6 Å². The number of aromatic nitrogens is 1. The lowest BCUT2D eigenvalue weighted by Gasteiger charge is -2.38. The van der Waals surface area contributed by atoms with Crippen molar-refractivity contribution in [2.75, 3.05) is 24.5 Å². The average Bonchev–Trinajstić information content (AvgIpc) is 3.53. The molecule has 158 valence electrons. The Morgan fingerprint density at radius 3 is 2.80 bits per heavy atom. The molecule has 0 bridgehead atoms. The van der Waals surface area contributed by atoms with Crippen LogP contribution < -0.4 is 4.90 Å². The van der Waals surface area contributed by atoms with Crippen LogP contribution in [0.2, 0.25) is 0 Å². The molecule has 1 aromatic heterocycles. The molecule has 0 unspecified atom stereocenters. The van der Waals surface area contributed by atoms with Crippen LogP contribution in [0.4, 0.5) is 10.2 Å². The zero-order valence-electron chi connectivity index (χ0n) is 17.7. The molecule has 2 aromatic rings. The monoisotopic (exact) mass is 407 g/mol. The first kappa shape index (κ1) is 19.5. The maximum absolute atomic E-state index is 14.3. The highest BCUT2D eigenvalue weighted by Crippen LogP contribution is 2.43. The van der Waals surface area contributed by atoms with Crippen molar-refractivity contribution in [2.45, 2.75) is 57.4 Å². The molecule has 3 fully saturated rings. The minimum atomic E-state index is -0.0473. The Bertz CT molecular complexity index is 924. The van der Waals surface area contributed by atoms with Crippen molar-refractivity contribution >= 4 is 11.7 Å². The van der Waals surface area contributed by atoms with E-state index in [4.69, 9.17) is 0 Å². The summed E-state index contributed by atoms with van der Waals surface area (Å²) in [5.74, 6) is 1.81. The summed E-state index contributed by atoms with van der Waals surface area (Å²) in [5, 5.41) is 0. The van der Waals surface area contributed by atoms with Crippen molar-refractivity contribution in [2.24, 2.45) is 5.92 Å². The molecule has 0 radical (unpaired) electrons. The quantitative estimate of drug-likeness (QED) is 0.709. The highest BCUT2D eigenvalue weighted by Gasteiger charge is 2.42. The van der Waals surface area contributed by atoms with Gasteiger partial charge in [0, 0.05) is 31.7 Å². The molecule has 1 amide bonds. The smallest absolute Gasteiger partial charge is 0.226 e. The number of hydrogen-bond acceptors (Lipinski definition) is 3. The number of nitrogens with zero attached hydrogens (tertiary/aromatic N) is 3. The zero-order valence-corrected chi connectivity index (χ0v) is 17.7. The summed E-state index contributed by atoms with van der Waals surface area (Å²) < 4.78 is 14.3. The van der Waals surface area contributed by atoms with Gasteiger partial charge in [-0.05, 0) is 80.2 Å². The largest absolute Gasteiger partial charge is 0.353 e. The van der Waals surface area contributed by atoms with Gasteiger partial charge in [0.05, 0.1) is 6.04 Å². The molecule has 4 nitrogen and oxygen atoms in total. The first-order valence-corrected chi connectivity index (χ1v) is 11.4. The predicted octanol–water partition coefficient (Wildman–Crippen LogP) is 4.47. The second kappa shape index (κ2) is 8.01. The number of aryl methyl sites for hydroxylation is 2. The number of amides is 1. The van der Waals surface area contributed by atoms with E-state index in [0.717, 1.165) is 80.7 Å². The van der Waals surface area contributed by atoms with E-state index >= 15 is 0 Å². The van der Waals surface area contributed by atoms with Gasteiger partial charge in [-0.15, -0.1) is 0 Å². The van der Waals surface area contributed by atoms with Gasteiger partial charge in [0.15, 0.2) is 0 Å². The van der Waals surface area contributed by atoms with Crippen molar-refractivity contribution in [3.05, 3.63) is 59.0 Å². The number of rotatable bonds is 6. The molecule has 1 saturated carbocycles. The van der Waals surface area contributed by atoms with Gasteiger partial charge in [-0.1, -0.05) is 18.2 Å². The Kier molecular flexibility index (Phi) is 5.21. The molecule has 0 N–H and O–H groups in total. The minimum absolute atomic E-state index is 0.0473. The lowest BCUT2D eigenvalue weighted by molar-refractivity contribution is -0.132. The number of fused-ring (bicyclic) bond motifs is 1. The van der Waals surface area contributed by atoms with E-state index in [1.165, 1.54) is 0 Å². The molecule has 0 spiro atoms. The first-order valence-electron chi connectivity index (χ1n) is 11.4. The van der Waals surface area contributed by atoms with Gasteiger partial charge in [0.2, 0.25) is 5.91 Å². The number of carbonyl (C=O) groups is 1. The van der Waals surface area contributed by atoms with E-state index in [-0.39, 0.29) is 17.8 Å². The molecule has 2 atom stereocenters. The molecule has 2 aliphatic heterocycles. The van der Waals surface area contributed by atoms with Crippen LogP contribution in [0, 0.1) is 18.7 Å². The highest BCUT2D eigenvalue weighted by atomic mass is 19.1. The molecule has 5 rings (SSSR count). The Morgan fingerprint density at radius 2 is 2.03 bits per heavy atom. The summed E-state index contributed by atoms with van der Waals surface area (Å²) >= 11 is 0. The first-order chi connectivity index (χ1) is 14.6. The minimum Gasteiger partial charge on any atom is -0.353 e. The van der Waals surface area contributed by atoms with Gasteiger partial charge >= 0.3 is 0 Å². The number of pyridine rings is 1. The van der Waals surface area contributed by atoms with Crippen molar-refractivity contribution in [3.63, 3.8) is 0 Å². The Balaban J connectivity index is 1.18. The van der Waals surface area contributed by atoms with Gasteiger partial charge < -0.3 is 9.80 Å². The Morgan fingerprint density at radius 1 is 1.17 bits per heavy atom. The van der Waals surface area contributed by atoms with Crippen molar-refractivity contribution in [1.82, 2.24) is 9.88 Å². The highest BCUT2D eigenvalue weighted by molar-refractivity contribution is 5.82. The summed E-state index contributed by atoms with van der Waals surface area (Å²) in [4.78, 5) is 21.9. The second-order valence-corrected chi connectivity index (χ2v) is 9.24. The molecule has 3 heterocycles. The molecule has 30 heavy (non-hydrogen) atoms. The summed E-state index contributed by atoms with van der Waals surface area (Å²) in [6, 6.07) is 9.95. The van der Waals surface area contributed by atoms with E-state index in [9.17, 15) is 9.18 Å². The lowest BCUT2D eigenvalue weighted by Crippen LogP contribution is -2.51. The standard InChI is InChI=1S/C25H30FN3O/c1-17-8-11-23(27-15-17)28-12-13-29-21(16-28)14-20(25(29)30)6-2-4-18-5-3-7-22(26)24(18)19-9-10-19/h3,5,7-8,11,15,19-21H,2,4,6,9-10,12-14,16H2,1H3/t20-,21-/m0/s1. The number of anilines is 1. The van der Waals surface area contributed by atoms with Crippen LogP contribution in [-0.4, -0.2) is 41.5 Å². The van der Waals surface area contributed by atoms with Crippen LogP contribution in [0.15, 0.2) is 36.5 Å². The van der Waals surface area contributed by atoms with E-state index < -0.39 is 0 Å². The summed E-state index contributed by atoms with van der Waals surface area (Å²) in [6.07, 6.45) is 7.78. The lowest BCUT2D eigenvalue weighted by atomic mass is 9.93. The number of hydrogen-bond donors (Lipinski definition) is 0. The van der Waals surface area contributed by atoms with Crippen LogP contribution >= 0.6 is 0 Å². The van der Waals surface area contributed by atoms with Crippen molar-refractivity contribution in [3.8, 4) is 0 Å². The third kappa shape index (κ3) is 3.82. The molecular weight excluding hydrogens is 377 g/mol. The average molecular weight is 408 g/mol. The second-order valence-electron chi connectivity index (χ2n) is 9.24. The van der Waals surface area contributed by atoms with Gasteiger partial charge in [-0.25, -0.2) is 9.37 Å². The normalized spacial score (nSPS) is 23.7. The van der Waals surface area contributed by atoms with E-state index in [2.05, 4.69) is 33.0 Å². The molecule has 3 aliphatic rings. The van der Waals surface area contributed by atoms with Crippen LogP contribution in [0.5, 0.6) is 0 Å². The van der Waals surface area contributed by atoms with E-state index in [1.807, 2.05) is 19.2 Å². The molecule has 1 aromatic carbocycles.